The zero-order chi connectivity index (χ0) is 9.26. The van der Waals surface area contributed by atoms with E-state index in [4.69, 9.17) is 0 Å². The highest BCUT2D eigenvalue weighted by atomic mass is 19.1. The van der Waals surface area contributed by atoms with Gasteiger partial charge < -0.3 is 4.98 Å². The van der Waals surface area contributed by atoms with E-state index < -0.39 is 0 Å². The molecule has 0 bridgehead atoms. The number of aromatic amines is 1. The minimum absolute atomic E-state index is 0.171. The van der Waals surface area contributed by atoms with Crippen molar-refractivity contribution in [3.63, 3.8) is 0 Å². The summed E-state index contributed by atoms with van der Waals surface area (Å²) in [4.78, 5) is 3.03. The highest BCUT2D eigenvalue weighted by molar-refractivity contribution is 5.83. The number of halogens is 1. The molecule has 0 aliphatic carbocycles. The zero-order valence-corrected chi connectivity index (χ0v) is 7.18. The summed E-state index contributed by atoms with van der Waals surface area (Å²) in [6, 6.07) is 5.04. The number of allylic oxidation sites excluding steroid dienone is 1. The van der Waals surface area contributed by atoms with Crippen LogP contribution in [-0.2, 0) is 6.42 Å². The first-order valence-electron chi connectivity index (χ1n) is 4.18. The van der Waals surface area contributed by atoms with Crippen LogP contribution in [0.3, 0.4) is 0 Å². The van der Waals surface area contributed by atoms with Crippen molar-refractivity contribution in [2.24, 2.45) is 0 Å². The number of fused-ring (bicyclic) bond motifs is 1. The normalized spacial score (nSPS) is 10.5. The Kier molecular flexibility index (Phi) is 1.89. The van der Waals surface area contributed by atoms with E-state index in [0.717, 1.165) is 11.1 Å². The second-order valence-electron chi connectivity index (χ2n) is 2.97. The van der Waals surface area contributed by atoms with Gasteiger partial charge in [-0.15, -0.1) is 6.58 Å². The van der Waals surface area contributed by atoms with Crippen LogP contribution in [0.1, 0.15) is 5.56 Å². The van der Waals surface area contributed by atoms with Crippen molar-refractivity contribution in [2.75, 3.05) is 0 Å². The molecule has 2 heteroatoms. The first-order chi connectivity index (χ1) is 6.33. The molecule has 1 N–H and O–H groups in total. The second kappa shape index (κ2) is 3.05. The monoisotopic (exact) mass is 175 g/mol. The average molecular weight is 175 g/mol. The van der Waals surface area contributed by atoms with Gasteiger partial charge in [0.15, 0.2) is 0 Å². The molecule has 0 amide bonds. The van der Waals surface area contributed by atoms with E-state index in [1.807, 2.05) is 12.3 Å². The SMILES string of the molecule is C=CCc1c[nH]c2cccc(F)c12. The molecule has 0 spiro atoms. The third kappa shape index (κ3) is 1.24. The maximum Gasteiger partial charge on any atom is 0.132 e. The Bertz CT molecular complexity index is 442. The van der Waals surface area contributed by atoms with Crippen molar-refractivity contribution in [1.29, 1.82) is 0 Å². The van der Waals surface area contributed by atoms with Gasteiger partial charge >= 0.3 is 0 Å². The lowest BCUT2D eigenvalue weighted by molar-refractivity contribution is 0.639. The molecular weight excluding hydrogens is 165 g/mol. The predicted molar refractivity (Wildman–Crippen MR) is 52.2 cm³/mol. The van der Waals surface area contributed by atoms with Gasteiger partial charge in [-0.25, -0.2) is 4.39 Å². The van der Waals surface area contributed by atoms with Crippen molar-refractivity contribution in [1.82, 2.24) is 4.98 Å². The lowest BCUT2D eigenvalue weighted by Crippen LogP contribution is -1.80. The summed E-state index contributed by atoms with van der Waals surface area (Å²) in [5.41, 5.74) is 1.81. The van der Waals surface area contributed by atoms with Gasteiger partial charge in [-0.05, 0) is 24.1 Å². The summed E-state index contributed by atoms with van der Waals surface area (Å²) >= 11 is 0. The topological polar surface area (TPSA) is 15.8 Å². The third-order valence-corrected chi connectivity index (χ3v) is 2.10. The second-order valence-corrected chi connectivity index (χ2v) is 2.97. The summed E-state index contributed by atoms with van der Waals surface area (Å²) in [7, 11) is 0. The first-order valence-corrected chi connectivity index (χ1v) is 4.18. The van der Waals surface area contributed by atoms with E-state index >= 15 is 0 Å². The molecule has 1 heterocycles. The minimum Gasteiger partial charge on any atom is -0.361 e. The molecule has 0 fully saturated rings. The maximum atomic E-state index is 13.3. The number of nitrogens with one attached hydrogen (secondary N) is 1. The molecule has 0 saturated carbocycles. The number of aromatic nitrogens is 1. The smallest absolute Gasteiger partial charge is 0.132 e. The number of benzene rings is 1. The van der Waals surface area contributed by atoms with Gasteiger partial charge in [-0.3, -0.25) is 0 Å². The van der Waals surface area contributed by atoms with E-state index in [-0.39, 0.29) is 5.82 Å². The summed E-state index contributed by atoms with van der Waals surface area (Å²) in [5, 5.41) is 0.683. The molecule has 2 aromatic rings. The quantitative estimate of drug-likeness (QED) is 0.675. The van der Waals surface area contributed by atoms with Gasteiger partial charge in [0, 0.05) is 17.1 Å². The fraction of sp³-hybridized carbons (Fsp3) is 0.0909. The van der Waals surface area contributed by atoms with Crippen LogP contribution in [0.25, 0.3) is 10.9 Å². The highest BCUT2D eigenvalue weighted by Gasteiger charge is 2.05. The average Bonchev–Trinajstić information content (AvgIpc) is 2.51. The molecule has 2 rings (SSSR count). The van der Waals surface area contributed by atoms with E-state index in [1.165, 1.54) is 6.07 Å². The molecule has 1 aromatic carbocycles. The van der Waals surface area contributed by atoms with Crippen LogP contribution >= 0.6 is 0 Å². The van der Waals surface area contributed by atoms with Gasteiger partial charge in [0.05, 0.1) is 0 Å². The van der Waals surface area contributed by atoms with Crippen molar-refractivity contribution in [3.8, 4) is 0 Å². The molecule has 0 radical (unpaired) electrons. The molecule has 0 aliphatic heterocycles. The zero-order valence-electron chi connectivity index (χ0n) is 7.18. The van der Waals surface area contributed by atoms with E-state index in [2.05, 4.69) is 11.6 Å². The van der Waals surface area contributed by atoms with Crippen LogP contribution in [0.15, 0.2) is 37.1 Å². The summed E-state index contributed by atoms with van der Waals surface area (Å²) in [6.07, 6.45) is 4.30. The number of hydrogen-bond donors (Lipinski definition) is 1. The Labute approximate surface area is 75.9 Å². The van der Waals surface area contributed by atoms with Crippen molar-refractivity contribution in [2.45, 2.75) is 6.42 Å². The van der Waals surface area contributed by atoms with Crippen molar-refractivity contribution < 1.29 is 4.39 Å². The molecule has 0 saturated heterocycles. The maximum absolute atomic E-state index is 13.3. The van der Waals surface area contributed by atoms with E-state index in [9.17, 15) is 4.39 Å². The summed E-state index contributed by atoms with van der Waals surface area (Å²) < 4.78 is 13.3. The Morgan fingerprint density at radius 3 is 3.08 bits per heavy atom. The molecule has 0 atom stereocenters. The van der Waals surface area contributed by atoms with Crippen LogP contribution in [-0.4, -0.2) is 4.98 Å². The Hall–Kier alpha value is -1.57. The molecule has 66 valence electrons. The Balaban J connectivity index is 2.70. The predicted octanol–water partition coefficient (Wildman–Crippen LogP) is 3.04. The largest absolute Gasteiger partial charge is 0.361 e. The van der Waals surface area contributed by atoms with Gasteiger partial charge in [0.1, 0.15) is 5.82 Å². The molecule has 13 heavy (non-hydrogen) atoms. The standard InChI is InChI=1S/C11H10FN/c1-2-4-8-7-13-10-6-3-5-9(12)11(8)10/h2-3,5-7,13H,1,4H2. The van der Waals surface area contributed by atoms with Crippen LogP contribution < -0.4 is 0 Å². The van der Waals surface area contributed by atoms with E-state index in [0.29, 0.717) is 11.8 Å². The van der Waals surface area contributed by atoms with Crippen molar-refractivity contribution >= 4 is 10.9 Å². The molecule has 0 unspecified atom stereocenters. The van der Waals surface area contributed by atoms with Gasteiger partial charge in [0.2, 0.25) is 0 Å². The van der Waals surface area contributed by atoms with Crippen molar-refractivity contribution in [3.05, 3.63) is 48.4 Å². The number of rotatable bonds is 2. The lowest BCUT2D eigenvalue weighted by atomic mass is 10.1. The molecule has 1 nitrogen and oxygen atoms in total. The van der Waals surface area contributed by atoms with Gasteiger partial charge in [-0.1, -0.05) is 12.1 Å². The summed E-state index contributed by atoms with van der Waals surface area (Å²) in [6.45, 7) is 3.64. The van der Waals surface area contributed by atoms with Gasteiger partial charge in [0.25, 0.3) is 0 Å². The molecule has 1 aromatic heterocycles. The van der Waals surface area contributed by atoms with Crippen LogP contribution in [0.5, 0.6) is 0 Å². The van der Waals surface area contributed by atoms with Crippen LogP contribution in [0.2, 0.25) is 0 Å². The lowest BCUT2D eigenvalue weighted by Gasteiger charge is -1.95. The summed E-state index contributed by atoms with van der Waals surface area (Å²) in [5.74, 6) is -0.171. The van der Waals surface area contributed by atoms with E-state index in [1.54, 1.807) is 12.1 Å². The minimum atomic E-state index is -0.171. The third-order valence-electron chi connectivity index (χ3n) is 2.10. The van der Waals surface area contributed by atoms with Gasteiger partial charge in [-0.2, -0.15) is 0 Å². The van der Waals surface area contributed by atoms with Crippen LogP contribution in [0, 0.1) is 5.82 Å². The Morgan fingerprint density at radius 2 is 2.31 bits per heavy atom. The van der Waals surface area contributed by atoms with Crippen LogP contribution in [0.4, 0.5) is 4.39 Å². The fourth-order valence-corrected chi connectivity index (χ4v) is 1.52. The fourth-order valence-electron chi connectivity index (χ4n) is 1.52. The number of hydrogen-bond acceptors (Lipinski definition) is 0. The number of H-pyrrole nitrogens is 1. The Morgan fingerprint density at radius 1 is 1.46 bits per heavy atom. The first kappa shape index (κ1) is 8.05. The molecular formula is C11H10FN. The highest BCUT2D eigenvalue weighted by Crippen LogP contribution is 2.21. The molecule has 0 aliphatic rings.